The first-order valence-electron chi connectivity index (χ1n) is 9.85. The minimum absolute atomic E-state index is 0.192. The molecule has 8 heteroatoms. The van der Waals surface area contributed by atoms with Crippen LogP contribution >= 0.6 is 0 Å². The van der Waals surface area contributed by atoms with Crippen molar-refractivity contribution in [1.82, 2.24) is 30.0 Å². The first-order valence-corrected chi connectivity index (χ1v) is 9.85. The van der Waals surface area contributed by atoms with Crippen LogP contribution in [0.2, 0.25) is 0 Å². The topological polar surface area (TPSA) is 87.5 Å². The van der Waals surface area contributed by atoms with Crippen LogP contribution in [-0.4, -0.2) is 57.5 Å². The van der Waals surface area contributed by atoms with Crippen molar-refractivity contribution in [3.63, 3.8) is 0 Å². The van der Waals surface area contributed by atoms with Crippen LogP contribution in [-0.2, 0) is 0 Å². The van der Waals surface area contributed by atoms with Crippen LogP contribution in [0.3, 0.4) is 0 Å². The zero-order valence-corrected chi connectivity index (χ0v) is 16.7. The van der Waals surface area contributed by atoms with Gasteiger partial charge in [0.25, 0.3) is 5.91 Å². The molecule has 4 aromatic rings. The number of amides is 1. The van der Waals surface area contributed by atoms with Gasteiger partial charge in [0, 0.05) is 32.2 Å². The van der Waals surface area contributed by atoms with Crippen LogP contribution in [0.15, 0.2) is 36.5 Å². The Bertz CT molecular complexity index is 1240. The molecule has 1 aliphatic rings. The van der Waals surface area contributed by atoms with Crippen molar-refractivity contribution in [2.24, 2.45) is 0 Å². The van der Waals surface area contributed by atoms with Gasteiger partial charge in [0.1, 0.15) is 11.3 Å². The molecule has 5 rings (SSSR count). The summed E-state index contributed by atoms with van der Waals surface area (Å²) in [5.74, 6) is 0.646. The molecule has 2 unspecified atom stereocenters. The molecule has 0 spiro atoms. The highest BCUT2D eigenvalue weighted by molar-refractivity contribution is 6.04. The number of piperazine rings is 1. The van der Waals surface area contributed by atoms with Crippen molar-refractivity contribution in [1.29, 1.82) is 0 Å². The molecule has 8 nitrogen and oxygen atoms in total. The smallest absolute Gasteiger partial charge is 0.254 e. The summed E-state index contributed by atoms with van der Waals surface area (Å²) >= 11 is 0. The second-order valence-corrected chi connectivity index (χ2v) is 7.71. The van der Waals surface area contributed by atoms with Gasteiger partial charge in [-0.15, -0.1) is 0 Å². The molecule has 1 amide bonds. The van der Waals surface area contributed by atoms with Crippen molar-refractivity contribution in [2.75, 3.05) is 25.0 Å². The van der Waals surface area contributed by atoms with Crippen molar-refractivity contribution in [3.8, 4) is 0 Å². The predicted octanol–water partition coefficient (Wildman–Crippen LogP) is 1.98. The lowest BCUT2D eigenvalue weighted by atomic mass is 10.1. The van der Waals surface area contributed by atoms with E-state index in [1.165, 1.54) is 0 Å². The van der Waals surface area contributed by atoms with E-state index >= 15 is 0 Å². The number of pyridine rings is 1. The van der Waals surface area contributed by atoms with E-state index < -0.39 is 0 Å². The summed E-state index contributed by atoms with van der Waals surface area (Å²) < 4.78 is 1.95. The van der Waals surface area contributed by atoms with Crippen LogP contribution < -0.4 is 15.5 Å². The monoisotopic (exact) mass is 389 g/mol. The first kappa shape index (κ1) is 17.8. The minimum Gasteiger partial charge on any atom is -0.355 e. The number of hydrogen-bond acceptors (Lipinski definition) is 6. The zero-order valence-electron chi connectivity index (χ0n) is 16.7. The molecule has 0 radical (unpaired) electrons. The lowest BCUT2D eigenvalue weighted by Crippen LogP contribution is -2.54. The molecule has 148 valence electrons. The Morgan fingerprint density at radius 1 is 1.10 bits per heavy atom. The Balaban J connectivity index is 1.79. The number of anilines is 1. The number of nitrogens with one attached hydrogen (secondary N) is 2. The average Bonchev–Trinajstić information content (AvgIpc) is 3.11. The molecular formula is C21H23N7O. The fourth-order valence-corrected chi connectivity index (χ4v) is 4.24. The van der Waals surface area contributed by atoms with Gasteiger partial charge >= 0.3 is 0 Å². The van der Waals surface area contributed by atoms with Gasteiger partial charge in [-0.3, -0.25) is 9.20 Å². The van der Waals surface area contributed by atoms with E-state index in [1.54, 1.807) is 19.3 Å². The maximum Gasteiger partial charge on any atom is 0.254 e. The van der Waals surface area contributed by atoms with E-state index in [4.69, 9.17) is 9.97 Å². The molecule has 0 aliphatic carbocycles. The highest BCUT2D eigenvalue weighted by Crippen LogP contribution is 2.26. The third-order valence-electron chi connectivity index (χ3n) is 5.42. The van der Waals surface area contributed by atoms with E-state index in [0.717, 1.165) is 29.9 Å². The van der Waals surface area contributed by atoms with Gasteiger partial charge in [0.15, 0.2) is 11.3 Å². The Morgan fingerprint density at radius 3 is 2.62 bits per heavy atom. The molecule has 0 bridgehead atoms. The van der Waals surface area contributed by atoms with Gasteiger partial charge in [-0.2, -0.15) is 0 Å². The van der Waals surface area contributed by atoms with Crippen LogP contribution in [0.1, 0.15) is 24.2 Å². The van der Waals surface area contributed by atoms with Crippen LogP contribution in [0.25, 0.3) is 27.8 Å². The minimum atomic E-state index is -0.192. The van der Waals surface area contributed by atoms with E-state index in [-0.39, 0.29) is 5.91 Å². The number of aromatic nitrogens is 4. The van der Waals surface area contributed by atoms with Gasteiger partial charge in [-0.25, -0.2) is 15.0 Å². The number of para-hydroxylation sites is 2. The Labute approximate surface area is 168 Å². The molecule has 2 atom stereocenters. The van der Waals surface area contributed by atoms with Crippen molar-refractivity contribution >= 4 is 39.6 Å². The zero-order chi connectivity index (χ0) is 20.1. The molecule has 1 aromatic carbocycles. The summed E-state index contributed by atoms with van der Waals surface area (Å²) in [5, 5.41) is 6.24. The van der Waals surface area contributed by atoms with E-state index in [1.807, 2.05) is 28.7 Å². The van der Waals surface area contributed by atoms with E-state index in [9.17, 15) is 4.79 Å². The number of carbonyl (C=O) groups excluding carboxylic acids is 1. The second-order valence-electron chi connectivity index (χ2n) is 7.71. The standard InChI is InChI=1S/C21H23N7O/c1-12-10-27(11-13(2)24-12)18-9-23-16-8-14(21(29)22-3)19-25-15-6-4-5-7-17(15)28(19)20(16)26-18/h4-9,12-13,24H,10-11H2,1-3H3,(H,22,29). The molecule has 2 N–H and O–H groups in total. The molecule has 1 aliphatic heterocycles. The molecule has 0 saturated carbocycles. The van der Waals surface area contributed by atoms with Gasteiger partial charge in [-0.05, 0) is 32.0 Å². The Morgan fingerprint density at radius 2 is 1.86 bits per heavy atom. The van der Waals surface area contributed by atoms with Gasteiger partial charge in [0.2, 0.25) is 0 Å². The lowest BCUT2D eigenvalue weighted by Gasteiger charge is -2.36. The number of carbonyl (C=O) groups is 1. The Kier molecular flexibility index (Phi) is 4.09. The fourth-order valence-electron chi connectivity index (χ4n) is 4.24. The average molecular weight is 389 g/mol. The third kappa shape index (κ3) is 2.87. The largest absolute Gasteiger partial charge is 0.355 e. The van der Waals surface area contributed by atoms with Crippen molar-refractivity contribution in [2.45, 2.75) is 25.9 Å². The highest BCUT2D eigenvalue weighted by Gasteiger charge is 2.24. The Hall–Kier alpha value is -3.26. The van der Waals surface area contributed by atoms with Gasteiger partial charge in [-0.1, -0.05) is 12.1 Å². The van der Waals surface area contributed by atoms with Crippen molar-refractivity contribution < 1.29 is 4.79 Å². The quantitative estimate of drug-likeness (QED) is 0.545. The summed E-state index contributed by atoms with van der Waals surface area (Å²) in [6.45, 7) is 6.09. The summed E-state index contributed by atoms with van der Waals surface area (Å²) in [7, 11) is 1.62. The van der Waals surface area contributed by atoms with E-state index in [2.05, 4.69) is 34.4 Å². The second kappa shape index (κ2) is 6.66. The maximum atomic E-state index is 12.5. The predicted molar refractivity (Wildman–Crippen MR) is 113 cm³/mol. The molecule has 1 fully saturated rings. The number of rotatable bonds is 2. The highest BCUT2D eigenvalue weighted by atomic mass is 16.1. The van der Waals surface area contributed by atoms with Crippen molar-refractivity contribution in [3.05, 3.63) is 42.1 Å². The number of benzene rings is 1. The number of nitrogens with zero attached hydrogens (tertiary/aromatic N) is 5. The lowest BCUT2D eigenvalue weighted by molar-refractivity contribution is 0.0964. The van der Waals surface area contributed by atoms with Crippen LogP contribution in [0, 0.1) is 0 Å². The number of imidazole rings is 1. The molecule has 29 heavy (non-hydrogen) atoms. The van der Waals surface area contributed by atoms with E-state index in [0.29, 0.717) is 34.5 Å². The summed E-state index contributed by atoms with van der Waals surface area (Å²) in [6.07, 6.45) is 1.80. The van der Waals surface area contributed by atoms with Gasteiger partial charge in [0.05, 0.1) is 22.8 Å². The number of hydrogen-bond donors (Lipinski definition) is 2. The normalized spacial score (nSPS) is 19.9. The SMILES string of the molecule is CNC(=O)c1cc2ncc(N3CC(C)NC(C)C3)nc2n2c1nc1ccccc12. The van der Waals surface area contributed by atoms with Crippen LogP contribution in [0.4, 0.5) is 5.82 Å². The molecular weight excluding hydrogens is 366 g/mol. The summed E-state index contributed by atoms with van der Waals surface area (Å²) in [5.41, 5.74) is 4.18. The van der Waals surface area contributed by atoms with Crippen LogP contribution in [0.5, 0.6) is 0 Å². The first-order chi connectivity index (χ1) is 14.0. The third-order valence-corrected chi connectivity index (χ3v) is 5.42. The molecule has 4 heterocycles. The fraction of sp³-hybridized carbons (Fsp3) is 0.333. The number of fused-ring (bicyclic) bond motifs is 5. The summed E-state index contributed by atoms with van der Waals surface area (Å²) in [6, 6.07) is 10.4. The molecule has 1 saturated heterocycles. The molecule has 3 aromatic heterocycles. The van der Waals surface area contributed by atoms with Gasteiger partial charge < -0.3 is 15.5 Å². The maximum absolute atomic E-state index is 12.5. The summed E-state index contributed by atoms with van der Waals surface area (Å²) in [4.78, 5) is 29.1.